The molecule has 220 valence electrons. The Morgan fingerprint density at radius 3 is 2.33 bits per heavy atom. The number of urea groups is 1. The van der Waals surface area contributed by atoms with Crippen LogP contribution in [0.4, 0.5) is 10.6 Å². The lowest BCUT2D eigenvalue weighted by Gasteiger charge is -2.37. The molecule has 3 heterocycles. The molecule has 2 fully saturated rings. The molecular formula is C26H38Cl2N8O4. The van der Waals surface area contributed by atoms with Crippen LogP contribution in [0.25, 0.3) is 5.69 Å². The molecule has 1 aromatic heterocycles. The lowest BCUT2D eigenvalue weighted by molar-refractivity contribution is -0.139. The van der Waals surface area contributed by atoms with Gasteiger partial charge < -0.3 is 26.4 Å². The lowest BCUT2D eigenvalue weighted by Crippen LogP contribution is -2.60. The number of aliphatic hydroxyl groups excluding tert-OH is 1. The molecule has 14 heteroatoms. The predicted molar refractivity (Wildman–Crippen MR) is 156 cm³/mol. The number of nitrogens with one attached hydrogen (secondary N) is 1. The first-order valence-corrected chi connectivity index (χ1v) is 13.4. The summed E-state index contributed by atoms with van der Waals surface area (Å²) in [6.07, 6.45) is 3.40. The summed E-state index contributed by atoms with van der Waals surface area (Å²) in [4.78, 5) is 47.3. The summed E-state index contributed by atoms with van der Waals surface area (Å²) in [5, 5.41) is 12.5. The van der Waals surface area contributed by atoms with Crippen LogP contribution in [0.5, 0.6) is 0 Å². The highest BCUT2D eigenvalue weighted by atomic mass is 35.5. The number of amides is 3. The van der Waals surface area contributed by atoms with E-state index in [9.17, 15) is 19.5 Å². The average Bonchev–Trinajstić information content (AvgIpc) is 2.90. The van der Waals surface area contributed by atoms with Gasteiger partial charge in [0.2, 0.25) is 5.91 Å². The third-order valence-corrected chi connectivity index (χ3v) is 7.77. The molecular weight excluding hydrogens is 559 g/mol. The molecule has 0 radical (unpaired) electrons. The van der Waals surface area contributed by atoms with Crippen molar-refractivity contribution in [3.8, 4) is 5.69 Å². The molecule has 3 amide bonds. The van der Waals surface area contributed by atoms with Crippen LogP contribution >= 0.6 is 24.0 Å². The number of nitrogens with two attached hydrogens (primary N) is 2. The van der Waals surface area contributed by atoms with Gasteiger partial charge in [-0.2, -0.15) is 4.98 Å². The van der Waals surface area contributed by atoms with Gasteiger partial charge in [0.05, 0.1) is 12.3 Å². The molecule has 0 spiro atoms. The number of aromatic nitrogens is 2. The molecule has 2 saturated heterocycles. The van der Waals surface area contributed by atoms with Crippen LogP contribution in [0.2, 0.25) is 5.02 Å². The summed E-state index contributed by atoms with van der Waals surface area (Å²) in [5.41, 5.74) is 11.6. The number of carbonyl (C=O) groups is 2. The van der Waals surface area contributed by atoms with E-state index < -0.39 is 23.9 Å². The number of halogens is 2. The Labute approximate surface area is 244 Å². The van der Waals surface area contributed by atoms with Gasteiger partial charge >= 0.3 is 11.7 Å². The lowest BCUT2D eigenvalue weighted by atomic mass is 9.91. The maximum Gasteiger partial charge on any atom is 0.354 e. The van der Waals surface area contributed by atoms with Crippen LogP contribution in [0.15, 0.2) is 35.3 Å². The second-order valence-electron chi connectivity index (χ2n) is 11.0. The molecule has 0 unspecified atom stereocenters. The molecule has 2 aromatic rings. The zero-order valence-electron chi connectivity index (χ0n) is 22.8. The second kappa shape index (κ2) is 12.8. The van der Waals surface area contributed by atoms with Crippen molar-refractivity contribution in [3.05, 3.63) is 51.5 Å². The summed E-state index contributed by atoms with van der Waals surface area (Å²) < 4.78 is 1.36. The summed E-state index contributed by atoms with van der Waals surface area (Å²) in [6.45, 7) is 6.75. The Balaban J connectivity index is 0.00000441. The van der Waals surface area contributed by atoms with Crippen molar-refractivity contribution < 1.29 is 14.7 Å². The van der Waals surface area contributed by atoms with Crippen molar-refractivity contribution in [3.63, 3.8) is 0 Å². The van der Waals surface area contributed by atoms with Crippen LogP contribution in [-0.4, -0.2) is 98.2 Å². The fourth-order valence-corrected chi connectivity index (χ4v) is 4.91. The Morgan fingerprint density at radius 1 is 1.12 bits per heavy atom. The fraction of sp³-hybridized carbons (Fsp3) is 0.538. The van der Waals surface area contributed by atoms with Crippen LogP contribution < -0.4 is 22.5 Å². The first kappa shape index (κ1) is 31.8. The quantitative estimate of drug-likeness (QED) is 0.384. The summed E-state index contributed by atoms with van der Waals surface area (Å²) >= 11 is 6.56. The molecule has 2 aliphatic heterocycles. The normalized spacial score (nSPS) is 18.9. The Hall–Kier alpha value is -2.74. The SMILES string of the molecule is CC1(N)CCN(Cc2ccc(-n3ccc(NC(=O)N4CCN(C(=O)[C@@](C)(N)CO)CC4)nc3=O)cc2Cl)CC1.Cl. The van der Waals surface area contributed by atoms with E-state index >= 15 is 0 Å². The summed E-state index contributed by atoms with van der Waals surface area (Å²) in [7, 11) is 0. The van der Waals surface area contributed by atoms with Crippen molar-refractivity contribution in [2.45, 2.75) is 44.3 Å². The number of aliphatic hydroxyl groups is 1. The molecule has 1 atom stereocenters. The van der Waals surface area contributed by atoms with Crippen LogP contribution in [-0.2, 0) is 11.3 Å². The number of hydrogen-bond donors (Lipinski definition) is 4. The minimum absolute atomic E-state index is 0. The number of hydrogen-bond acceptors (Lipinski definition) is 8. The Morgan fingerprint density at radius 2 is 1.75 bits per heavy atom. The van der Waals surface area contributed by atoms with E-state index in [1.54, 1.807) is 12.1 Å². The van der Waals surface area contributed by atoms with Gasteiger partial charge in [-0.15, -0.1) is 12.4 Å². The maximum absolute atomic E-state index is 12.8. The van der Waals surface area contributed by atoms with Gasteiger partial charge in [0.15, 0.2) is 0 Å². The molecule has 0 aliphatic carbocycles. The molecule has 6 N–H and O–H groups in total. The third-order valence-electron chi connectivity index (χ3n) is 7.42. The maximum atomic E-state index is 12.8. The first-order chi connectivity index (χ1) is 18.4. The molecule has 2 aliphatic rings. The van der Waals surface area contributed by atoms with Gasteiger partial charge in [-0.25, -0.2) is 9.59 Å². The smallest absolute Gasteiger partial charge is 0.354 e. The molecule has 0 saturated carbocycles. The second-order valence-corrected chi connectivity index (χ2v) is 11.4. The van der Waals surface area contributed by atoms with E-state index in [0.717, 1.165) is 31.5 Å². The zero-order valence-corrected chi connectivity index (χ0v) is 24.4. The largest absolute Gasteiger partial charge is 0.394 e. The minimum Gasteiger partial charge on any atom is -0.394 e. The summed E-state index contributed by atoms with van der Waals surface area (Å²) in [5.74, 6) is -0.247. The zero-order chi connectivity index (χ0) is 28.4. The van der Waals surface area contributed by atoms with Crippen molar-refractivity contribution in [1.82, 2.24) is 24.3 Å². The standard InChI is InChI=1S/C26H37ClN8O4.ClH/c1-25(28)6-9-32(10-7-25)16-18-3-4-19(15-20(18)27)35-8-5-21(31-24(35)39)30-23(38)34-13-11-33(12-14-34)22(37)26(2,29)17-36;/h3-5,8,15,36H,6-7,9-14,16-17,28-29H2,1-2H3,(H,30,31,38,39);1H/t26-;/m0./s1. The van der Waals surface area contributed by atoms with Gasteiger partial charge in [0.25, 0.3) is 0 Å². The van der Waals surface area contributed by atoms with E-state index in [1.807, 2.05) is 12.1 Å². The molecule has 40 heavy (non-hydrogen) atoms. The minimum atomic E-state index is -1.36. The van der Waals surface area contributed by atoms with Crippen molar-refractivity contribution in [2.24, 2.45) is 11.5 Å². The average molecular weight is 598 g/mol. The third kappa shape index (κ3) is 7.50. The number of piperidine rings is 1. The van der Waals surface area contributed by atoms with E-state index in [2.05, 4.69) is 22.1 Å². The predicted octanol–water partition coefficient (Wildman–Crippen LogP) is 1.01. The number of nitrogens with zero attached hydrogens (tertiary/aromatic N) is 5. The number of benzene rings is 1. The molecule has 4 rings (SSSR count). The van der Waals surface area contributed by atoms with Crippen molar-refractivity contribution in [2.75, 3.05) is 51.2 Å². The van der Waals surface area contributed by atoms with Gasteiger partial charge in [-0.1, -0.05) is 17.7 Å². The topological polar surface area (TPSA) is 163 Å². The van der Waals surface area contributed by atoms with Crippen LogP contribution in [0, 0.1) is 0 Å². The molecule has 0 bridgehead atoms. The number of likely N-dealkylation sites (tertiary alicyclic amines) is 1. The highest BCUT2D eigenvalue weighted by Gasteiger charge is 2.34. The first-order valence-electron chi connectivity index (χ1n) is 13.0. The van der Waals surface area contributed by atoms with Gasteiger partial charge in [-0.05, 0) is 50.5 Å². The van der Waals surface area contributed by atoms with Crippen molar-refractivity contribution in [1.29, 1.82) is 0 Å². The number of rotatable bonds is 6. The van der Waals surface area contributed by atoms with Crippen LogP contribution in [0.3, 0.4) is 0 Å². The van der Waals surface area contributed by atoms with Gasteiger partial charge in [-0.3, -0.25) is 19.6 Å². The summed E-state index contributed by atoms with van der Waals surface area (Å²) in [6, 6.07) is 6.58. The number of anilines is 1. The van der Waals surface area contributed by atoms with E-state index in [1.165, 1.54) is 27.5 Å². The van der Waals surface area contributed by atoms with E-state index in [-0.39, 0.29) is 55.9 Å². The Kier molecular flexibility index (Phi) is 10.2. The van der Waals surface area contributed by atoms with Gasteiger partial charge in [0.1, 0.15) is 11.4 Å². The van der Waals surface area contributed by atoms with E-state index in [0.29, 0.717) is 17.3 Å². The fourth-order valence-electron chi connectivity index (χ4n) is 4.68. The van der Waals surface area contributed by atoms with Crippen molar-refractivity contribution >= 4 is 41.8 Å². The Bertz CT molecular complexity index is 1270. The highest BCUT2D eigenvalue weighted by molar-refractivity contribution is 6.31. The molecule has 12 nitrogen and oxygen atoms in total. The molecule has 1 aromatic carbocycles. The van der Waals surface area contributed by atoms with Gasteiger partial charge in [0, 0.05) is 62.6 Å². The highest BCUT2D eigenvalue weighted by Crippen LogP contribution is 2.25. The number of piperazine rings is 1. The monoisotopic (exact) mass is 596 g/mol. The van der Waals surface area contributed by atoms with Crippen LogP contribution in [0.1, 0.15) is 32.3 Å². The number of carbonyl (C=O) groups excluding carboxylic acids is 2. The van der Waals surface area contributed by atoms with E-state index in [4.69, 9.17) is 23.1 Å².